The lowest BCUT2D eigenvalue weighted by Crippen LogP contribution is -2.44. The van der Waals surface area contributed by atoms with Crippen LogP contribution in [0.2, 0.25) is 0 Å². The average molecular weight is 487 g/mol. The molecule has 3 heterocycles. The van der Waals surface area contributed by atoms with Gasteiger partial charge in [-0.2, -0.15) is 0 Å². The van der Waals surface area contributed by atoms with Crippen molar-refractivity contribution in [2.75, 3.05) is 13.1 Å². The quantitative estimate of drug-likeness (QED) is 0.402. The Morgan fingerprint density at radius 3 is 1.92 bits per heavy atom. The van der Waals surface area contributed by atoms with Gasteiger partial charge in [-0.15, -0.1) is 0 Å². The van der Waals surface area contributed by atoms with E-state index in [9.17, 15) is 0 Å². The molecule has 3 aromatic carbocycles. The minimum atomic E-state index is 0.875. The Morgan fingerprint density at radius 1 is 0.730 bits per heavy atom. The van der Waals surface area contributed by atoms with Gasteiger partial charge in [0.05, 0.1) is 0 Å². The SMILES string of the molecule is CCc1ccc(C2=CC(=CC=c3cc4c5c(c3)CCC[N+]=5CCC4)OC(c3ccc(CC)cc3)=C2)cc1. The van der Waals surface area contributed by atoms with Crippen molar-refractivity contribution in [3.8, 4) is 0 Å². The maximum atomic E-state index is 6.47. The minimum Gasteiger partial charge on any atom is -0.457 e. The molecule has 3 aromatic rings. The molecule has 0 saturated carbocycles. The highest BCUT2D eigenvalue weighted by Crippen LogP contribution is 2.32. The van der Waals surface area contributed by atoms with Crippen LogP contribution in [0.3, 0.4) is 0 Å². The lowest BCUT2D eigenvalue weighted by molar-refractivity contribution is 0.399. The summed E-state index contributed by atoms with van der Waals surface area (Å²) in [7, 11) is 0. The predicted molar refractivity (Wildman–Crippen MR) is 155 cm³/mol. The maximum Gasteiger partial charge on any atom is 0.206 e. The van der Waals surface area contributed by atoms with E-state index in [4.69, 9.17) is 4.74 Å². The first-order chi connectivity index (χ1) is 18.2. The Balaban J connectivity index is 1.40. The third-order valence-corrected chi connectivity index (χ3v) is 7.95. The van der Waals surface area contributed by atoms with E-state index in [2.05, 4.69) is 103 Å². The molecule has 0 amide bonds. The number of nitrogens with zero attached hydrogens (tertiary/aromatic N) is 1. The first kappa shape index (κ1) is 23.7. The summed E-state index contributed by atoms with van der Waals surface area (Å²) in [6.07, 6.45) is 15.7. The van der Waals surface area contributed by atoms with Crippen LogP contribution >= 0.6 is 0 Å². The third kappa shape index (κ3) is 4.98. The van der Waals surface area contributed by atoms with E-state index in [-0.39, 0.29) is 0 Å². The lowest BCUT2D eigenvalue weighted by Gasteiger charge is -2.19. The van der Waals surface area contributed by atoms with Crippen molar-refractivity contribution in [2.24, 2.45) is 0 Å². The number of ether oxygens (including phenoxy) is 1. The van der Waals surface area contributed by atoms with E-state index in [1.807, 2.05) is 0 Å². The van der Waals surface area contributed by atoms with Crippen LogP contribution in [0, 0.1) is 0 Å². The van der Waals surface area contributed by atoms with Crippen molar-refractivity contribution in [3.63, 3.8) is 0 Å². The molecule has 2 heteroatoms. The van der Waals surface area contributed by atoms with Gasteiger partial charge in [-0.1, -0.05) is 68.5 Å². The molecule has 0 N–H and O–H groups in total. The van der Waals surface area contributed by atoms with Gasteiger partial charge in [0.15, 0.2) is 0 Å². The van der Waals surface area contributed by atoms with Crippen molar-refractivity contribution in [1.29, 1.82) is 0 Å². The Labute approximate surface area is 220 Å². The lowest BCUT2D eigenvalue weighted by atomic mass is 9.95. The summed E-state index contributed by atoms with van der Waals surface area (Å²) >= 11 is 0. The molecule has 0 aromatic heterocycles. The van der Waals surface area contributed by atoms with E-state index in [0.717, 1.165) is 29.9 Å². The summed E-state index contributed by atoms with van der Waals surface area (Å²) < 4.78 is 9.07. The number of rotatable bonds is 5. The van der Waals surface area contributed by atoms with E-state index < -0.39 is 0 Å². The van der Waals surface area contributed by atoms with Gasteiger partial charge in [0.1, 0.15) is 24.6 Å². The van der Waals surface area contributed by atoms with E-state index in [1.54, 1.807) is 0 Å². The molecule has 6 rings (SSSR count). The van der Waals surface area contributed by atoms with Crippen LogP contribution in [0.25, 0.3) is 17.4 Å². The Hall–Kier alpha value is -3.65. The van der Waals surface area contributed by atoms with E-state index in [1.165, 1.54) is 82.7 Å². The van der Waals surface area contributed by atoms with Crippen LogP contribution in [0.1, 0.15) is 60.1 Å². The molecule has 0 aliphatic carbocycles. The summed E-state index contributed by atoms with van der Waals surface area (Å²) in [6.45, 7) is 6.81. The molecule has 0 saturated heterocycles. The van der Waals surface area contributed by atoms with Crippen LogP contribution in [0.5, 0.6) is 0 Å². The van der Waals surface area contributed by atoms with Crippen LogP contribution in [0.4, 0.5) is 0 Å². The normalized spacial score (nSPS) is 17.6. The second-order valence-electron chi connectivity index (χ2n) is 10.4. The highest BCUT2D eigenvalue weighted by molar-refractivity contribution is 5.85. The monoisotopic (exact) mass is 486 g/mol. The van der Waals surface area contributed by atoms with Crippen molar-refractivity contribution in [1.82, 2.24) is 4.58 Å². The number of aryl methyl sites for hydroxylation is 4. The molecule has 2 nitrogen and oxygen atoms in total. The number of hydrogen-bond donors (Lipinski definition) is 0. The topological polar surface area (TPSA) is 12.2 Å². The standard InChI is InChI=1S/C35H36NO/c1-3-25-9-14-28(15-10-25)32-23-33(37-34(24-32)29-16-11-26(4-2)12-17-29)18-13-27-21-30-7-5-19-36-20-6-8-31(22-27)35(30)36/h9-18,21-24H,3-8,19-20H2,1-2H3/q+1. The molecule has 0 radical (unpaired) electrons. The zero-order valence-electron chi connectivity index (χ0n) is 22.1. The molecule has 37 heavy (non-hydrogen) atoms. The first-order valence-corrected chi connectivity index (χ1v) is 14.0. The van der Waals surface area contributed by atoms with Gasteiger partial charge in [-0.3, -0.25) is 0 Å². The van der Waals surface area contributed by atoms with Crippen molar-refractivity contribution < 1.29 is 4.74 Å². The van der Waals surface area contributed by atoms with Crippen molar-refractivity contribution in [3.05, 3.63) is 129 Å². The summed E-state index contributed by atoms with van der Waals surface area (Å²) in [5.74, 6) is 1.77. The fourth-order valence-corrected chi connectivity index (χ4v) is 5.86. The molecular weight excluding hydrogens is 450 g/mol. The smallest absolute Gasteiger partial charge is 0.206 e. The van der Waals surface area contributed by atoms with Crippen LogP contribution in [-0.2, 0) is 30.4 Å². The van der Waals surface area contributed by atoms with Gasteiger partial charge in [-0.25, -0.2) is 4.58 Å². The number of hydrogen-bond acceptors (Lipinski definition) is 1. The minimum absolute atomic E-state index is 0.875. The molecule has 0 bridgehead atoms. The van der Waals surface area contributed by atoms with Gasteiger partial charge < -0.3 is 4.74 Å². The van der Waals surface area contributed by atoms with Crippen LogP contribution in [0.15, 0.2) is 84.7 Å². The molecule has 0 unspecified atom stereocenters. The number of benzene rings is 3. The summed E-state index contributed by atoms with van der Waals surface area (Å²) in [4.78, 5) is 0. The van der Waals surface area contributed by atoms with Gasteiger partial charge in [0, 0.05) is 29.5 Å². The number of allylic oxidation sites excluding steroid dienone is 4. The summed E-state index contributed by atoms with van der Waals surface area (Å²) in [5.41, 5.74) is 9.23. The average Bonchev–Trinajstić information content (AvgIpc) is 2.96. The Kier molecular flexibility index (Phi) is 6.66. The molecular formula is C35H36NO+. The van der Waals surface area contributed by atoms with E-state index in [0.29, 0.717) is 0 Å². The summed E-state index contributed by atoms with van der Waals surface area (Å²) in [5, 5.41) is 2.80. The molecule has 3 aliphatic rings. The maximum absolute atomic E-state index is 6.47. The highest BCUT2D eigenvalue weighted by atomic mass is 16.5. The highest BCUT2D eigenvalue weighted by Gasteiger charge is 2.23. The molecule has 0 fully saturated rings. The van der Waals surface area contributed by atoms with Crippen molar-refractivity contribution >= 4 is 17.4 Å². The fourth-order valence-electron chi connectivity index (χ4n) is 5.86. The first-order valence-electron chi connectivity index (χ1n) is 14.0. The van der Waals surface area contributed by atoms with Gasteiger partial charge >= 0.3 is 0 Å². The third-order valence-electron chi connectivity index (χ3n) is 7.95. The van der Waals surface area contributed by atoms with Crippen LogP contribution in [-0.4, -0.2) is 13.1 Å². The molecule has 0 atom stereocenters. The molecule has 3 aliphatic heterocycles. The largest absolute Gasteiger partial charge is 0.457 e. The fraction of sp³-hybridized carbons (Fsp3) is 0.286. The second-order valence-corrected chi connectivity index (χ2v) is 10.4. The molecule has 186 valence electrons. The van der Waals surface area contributed by atoms with Crippen LogP contribution < -0.4 is 15.2 Å². The van der Waals surface area contributed by atoms with Gasteiger partial charge in [-0.05, 0) is 83.5 Å². The predicted octanol–water partition coefficient (Wildman–Crippen LogP) is 6.01. The summed E-state index contributed by atoms with van der Waals surface area (Å²) in [6, 6.07) is 22.5. The zero-order chi connectivity index (χ0) is 25.2. The Bertz CT molecular complexity index is 1490. The second kappa shape index (κ2) is 10.4. The molecule has 0 spiro atoms. The zero-order valence-corrected chi connectivity index (χ0v) is 22.1. The Morgan fingerprint density at radius 2 is 1.32 bits per heavy atom. The van der Waals surface area contributed by atoms with Gasteiger partial charge in [0.25, 0.3) is 0 Å². The van der Waals surface area contributed by atoms with Gasteiger partial charge in [0.2, 0.25) is 5.36 Å². The van der Waals surface area contributed by atoms with E-state index >= 15 is 0 Å². The van der Waals surface area contributed by atoms with Crippen molar-refractivity contribution in [2.45, 2.75) is 52.4 Å².